The standard InChI is InChI=1S/C26H35N5O2.HI/c1-27-26(30-22-14-16-31(18-22)25(32)21-7-3-2-4-8-21)29-17-20-10-12-24(13-11-20)33-19-23-9-5-6-15-28-23;/h5-6,9-13,15,21-22H,2-4,7-8,14,16-19H2,1H3,(H2,27,29,30);1H. The quantitative estimate of drug-likeness (QED) is 0.294. The van der Waals surface area contributed by atoms with E-state index in [9.17, 15) is 4.79 Å². The minimum atomic E-state index is 0. The van der Waals surface area contributed by atoms with E-state index < -0.39 is 0 Å². The lowest BCUT2D eigenvalue weighted by molar-refractivity contribution is -0.135. The Morgan fingerprint density at radius 2 is 1.91 bits per heavy atom. The van der Waals surface area contributed by atoms with Gasteiger partial charge in [-0.25, -0.2) is 0 Å². The lowest BCUT2D eigenvalue weighted by Crippen LogP contribution is -2.45. The number of benzene rings is 1. The number of likely N-dealkylation sites (tertiary alicyclic amines) is 1. The third-order valence-electron chi connectivity index (χ3n) is 6.51. The zero-order chi connectivity index (χ0) is 22.9. The van der Waals surface area contributed by atoms with Crippen LogP contribution in [0.4, 0.5) is 0 Å². The van der Waals surface area contributed by atoms with Gasteiger partial charge in [0.15, 0.2) is 5.96 Å². The van der Waals surface area contributed by atoms with Gasteiger partial charge < -0.3 is 20.3 Å². The van der Waals surface area contributed by atoms with Gasteiger partial charge in [0.05, 0.1) is 5.69 Å². The molecule has 1 aliphatic heterocycles. The highest BCUT2D eigenvalue weighted by Gasteiger charge is 2.31. The molecule has 1 saturated carbocycles. The number of guanidine groups is 1. The van der Waals surface area contributed by atoms with Crippen molar-refractivity contribution in [2.45, 2.75) is 57.7 Å². The highest BCUT2D eigenvalue weighted by atomic mass is 127. The maximum Gasteiger partial charge on any atom is 0.225 e. The molecule has 1 aromatic heterocycles. The highest BCUT2D eigenvalue weighted by Crippen LogP contribution is 2.26. The number of carbonyl (C=O) groups is 1. The molecule has 8 heteroatoms. The minimum Gasteiger partial charge on any atom is -0.487 e. The van der Waals surface area contributed by atoms with Crippen LogP contribution in [0, 0.1) is 5.92 Å². The lowest BCUT2D eigenvalue weighted by Gasteiger charge is -2.26. The fourth-order valence-corrected chi connectivity index (χ4v) is 4.60. The molecule has 2 aliphatic rings. The van der Waals surface area contributed by atoms with Gasteiger partial charge in [-0.15, -0.1) is 24.0 Å². The van der Waals surface area contributed by atoms with Crippen LogP contribution in [-0.2, 0) is 17.9 Å². The molecule has 0 spiro atoms. The van der Waals surface area contributed by atoms with E-state index in [1.165, 1.54) is 19.3 Å². The number of hydrogen-bond acceptors (Lipinski definition) is 4. The van der Waals surface area contributed by atoms with E-state index in [0.29, 0.717) is 19.1 Å². The van der Waals surface area contributed by atoms with E-state index in [4.69, 9.17) is 4.74 Å². The Balaban J connectivity index is 0.00000324. The van der Waals surface area contributed by atoms with Crippen LogP contribution < -0.4 is 15.4 Å². The van der Waals surface area contributed by atoms with Crippen LogP contribution in [0.3, 0.4) is 0 Å². The normalized spacial score (nSPS) is 18.8. The van der Waals surface area contributed by atoms with Crippen molar-refractivity contribution < 1.29 is 9.53 Å². The molecule has 1 unspecified atom stereocenters. The van der Waals surface area contributed by atoms with Gasteiger partial charge in [0, 0.05) is 44.8 Å². The highest BCUT2D eigenvalue weighted by molar-refractivity contribution is 14.0. The molecule has 1 aliphatic carbocycles. The van der Waals surface area contributed by atoms with E-state index in [-0.39, 0.29) is 35.9 Å². The SMILES string of the molecule is CN=C(NCc1ccc(OCc2ccccn2)cc1)NC1CCN(C(=O)C2CCCCC2)C1.I. The Morgan fingerprint density at radius 1 is 1.12 bits per heavy atom. The summed E-state index contributed by atoms with van der Waals surface area (Å²) in [6.45, 7) is 2.72. The van der Waals surface area contributed by atoms with Gasteiger partial charge >= 0.3 is 0 Å². The summed E-state index contributed by atoms with van der Waals surface area (Å²) in [6.07, 6.45) is 8.51. The second-order valence-electron chi connectivity index (χ2n) is 8.93. The van der Waals surface area contributed by atoms with Crippen molar-refractivity contribution in [3.63, 3.8) is 0 Å². The molecule has 1 amide bonds. The number of aliphatic imine (C=N–C) groups is 1. The number of carbonyl (C=O) groups excluding carboxylic acids is 1. The predicted molar refractivity (Wildman–Crippen MR) is 145 cm³/mol. The molecule has 1 aromatic carbocycles. The number of hydrogen-bond donors (Lipinski definition) is 2. The summed E-state index contributed by atoms with van der Waals surface area (Å²) in [7, 11) is 1.78. The fourth-order valence-electron chi connectivity index (χ4n) is 4.60. The molecule has 34 heavy (non-hydrogen) atoms. The van der Waals surface area contributed by atoms with Crippen molar-refractivity contribution >= 4 is 35.8 Å². The van der Waals surface area contributed by atoms with Crippen LogP contribution in [0.25, 0.3) is 0 Å². The third kappa shape index (κ3) is 7.58. The maximum atomic E-state index is 12.8. The van der Waals surface area contributed by atoms with E-state index in [0.717, 1.165) is 55.3 Å². The second kappa shape index (κ2) is 13.5. The number of aromatic nitrogens is 1. The van der Waals surface area contributed by atoms with E-state index >= 15 is 0 Å². The third-order valence-corrected chi connectivity index (χ3v) is 6.51. The predicted octanol–water partition coefficient (Wildman–Crippen LogP) is 4.12. The van der Waals surface area contributed by atoms with Crippen LogP contribution in [-0.4, -0.2) is 47.9 Å². The Kier molecular flexibility index (Phi) is 10.4. The molecule has 4 rings (SSSR count). The van der Waals surface area contributed by atoms with Crippen molar-refractivity contribution in [2.75, 3.05) is 20.1 Å². The summed E-state index contributed by atoms with van der Waals surface area (Å²) in [5.41, 5.74) is 2.05. The molecule has 184 valence electrons. The van der Waals surface area contributed by atoms with Crippen LogP contribution in [0.5, 0.6) is 5.75 Å². The van der Waals surface area contributed by atoms with Gasteiger partial charge in [-0.2, -0.15) is 0 Å². The monoisotopic (exact) mass is 577 g/mol. The second-order valence-corrected chi connectivity index (χ2v) is 8.93. The molecule has 2 heterocycles. The summed E-state index contributed by atoms with van der Waals surface area (Å²) in [5.74, 6) is 2.18. The first kappa shape index (κ1) is 26.2. The smallest absolute Gasteiger partial charge is 0.225 e. The number of pyridine rings is 1. The van der Waals surface area contributed by atoms with Crippen LogP contribution in [0.1, 0.15) is 49.8 Å². The van der Waals surface area contributed by atoms with Gasteiger partial charge in [0.1, 0.15) is 12.4 Å². The number of nitrogens with zero attached hydrogens (tertiary/aromatic N) is 3. The number of amides is 1. The fraction of sp³-hybridized carbons (Fsp3) is 0.500. The van der Waals surface area contributed by atoms with Gasteiger partial charge in [0.25, 0.3) is 0 Å². The molecule has 1 saturated heterocycles. The van der Waals surface area contributed by atoms with Gasteiger partial charge in [-0.05, 0) is 49.1 Å². The largest absolute Gasteiger partial charge is 0.487 e. The van der Waals surface area contributed by atoms with E-state index in [1.54, 1.807) is 13.2 Å². The average molecular weight is 578 g/mol. The molecule has 7 nitrogen and oxygen atoms in total. The summed E-state index contributed by atoms with van der Waals surface area (Å²) in [5, 5.41) is 6.87. The van der Waals surface area contributed by atoms with Crippen molar-refractivity contribution in [2.24, 2.45) is 10.9 Å². The lowest BCUT2D eigenvalue weighted by atomic mass is 9.88. The summed E-state index contributed by atoms with van der Waals surface area (Å²) >= 11 is 0. The molecule has 1 atom stereocenters. The first-order valence-electron chi connectivity index (χ1n) is 12.1. The minimum absolute atomic E-state index is 0. The Labute approximate surface area is 219 Å². The van der Waals surface area contributed by atoms with Crippen molar-refractivity contribution in [3.05, 3.63) is 59.9 Å². The van der Waals surface area contributed by atoms with Crippen molar-refractivity contribution in [1.82, 2.24) is 20.5 Å². The zero-order valence-electron chi connectivity index (χ0n) is 19.9. The average Bonchev–Trinajstić information content (AvgIpc) is 3.35. The first-order valence-corrected chi connectivity index (χ1v) is 12.1. The first-order chi connectivity index (χ1) is 16.2. The molecule has 2 N–H and O–H groups in total. The molecule has 0 bridgehead atoms. The maximum absolute atomic E-state index is 12.8. The Hall–Kier alpha value is -2.36. The summed E-state index contributed by atoms with van der Waals surface area (Å²) in [6, 6.07) is 14.1. The van der Waals surface area contributed by atoms with Gasteiger partial charge in [-0.1, -0.05) is 37.5 Å². The summed E-state index contributed by atoms with van der Waals surface area (Å²) in [4.78, 5) is 23.5. The summed E-state index contributed by atoms with van der Waals surface area (Å²) < 4.78 is 5.80. The molecular weight excluding hydrogens is 541 g/mol. The number of nitrogens with one attached hydrogen (secondary N) is 2. The van der Waals surface area contributed by atoms with Crippen LogP contribution in [0.15, 0.2) is 53.7 Å². The van der Waals surface area contributed by atoms with Crippen molar-refractivity contribution in [3.8, 4) is 5.75 Å². The Bertz CT molecular complexity index is 917. The van der Waals surface area contributed by atoms with Crippen LogP contribution in [0.2, 0.25) is 0 Å². The van der Waals surface area contributed by atoms with Gasteiger partial charge in [0.2, 0.25) is 5.91 Å². The number of rotatable bonds is 7. The van der Waals surface area contributed by atoms with E-state index in [1.807, 2.05) is 47.4 Å². The topological polar surface area (TPSA) is 78.9 Å². The zero-order valence-corrected chi connectivity index (χ0v) is 22.2. The molecule has 2 aromatic rings. The molecule has 2 fully saturated rings. The Morgan fingerprint density at radius 3 is 2.62 bits per heavy atom. The van der Waals surface area contributed by atoms with E-state index in [2.05, 4.69) is 20.6 Å². The number of halogens is 1. The van der Waals surface area contributed by atoms with Crippen molar-refractivity contribution in [1.29, 1.82) is 0 Å². The molecular formula is C26H36IN5O2. The molecule has 0 radical (unpaired) electrons. The number of ether oxygens (including phenoxy) is 1. The van der Waals surface area contributed by atoms with Crippen LogP contribution >= 0.6 is 24.0 Å². The van der Waals surface area contributed by atoms with Gasteiger partial charge in [-0.3, -0.25) is 14.8 Å².